The molecule has 2 atom stereocenters. The van der Waals surface area contributed by atoms with E-state index in [0.29, 0.717) is 18.4 Å². The molecule has 0 radical (unpaired) electrons. The summed E-state index contributed by atoms with van der Waals surface area (Å²) >= 11 is 0.527. The van der Waals surface area contributed by atoms with Crippen LogP contribution in [0.15, 0.2) is 4.58 Å². The van der Waals surface area contributed by atoms with Crippen molar-refractivity contribution in [1.82, 2.24) is 16.0 Å². The van der Waals surface area contributed by atoms with E-state index in [1.54, 1.807) is 6.92 Å². The lowest BCUT2D eigenvalue weighted by atomic mass is 10.1. The minimum Gasteiger partial charge on any atom is -0.468 e. The second-order valence-corrected chi connectivity index (χ2v) is 7.39. The number of methoxy groups -OCH3 is 1. The summed E-state index contributed by atoms with van der Waals surface area (Å²) in [5.74, 6) is -3.10. The van der Waals surface area contributed by atoms with Gasteiger partial charge in [0.05, 0.1) is 13.7 Å². The molecule has 12 nitrogen and oxygen atoms in total. The van der Waals surface area contributed by atoms with Crippen LogP contribution in [0.3, 0.4) is 0 Å². The van der Waals surface area contributed by atoms with Crippen LogP contribution in [0.1, 0.15) is 52.4 Å². The number of carbonyl (C=O) groups excluding carboxylic acids is 5. The van der Waals surface area contributed by atoms with E-state index in [4.69, 9.17) is 4.74 Å². The topological polar surface area (TPSA) is 169 Å². The molecular weight excluding hydrogens is 444 g/mol. The summed E-state index contributed by atoms with van der Waals surface area (Å²) in [5.41, 5.74) is 0. The number of amides is 3. The maximum absolute atomic E-state index is 12.3. The highest BCUT2D eigenvalue weighted by molar-refractivity contribution is 7.97. The number of nitroso groups, excluding NO2 is 1. The first-order valence-electron chi connectivity index (χ1n) is 10.3. The first-order chi connectivity index (χ1) is 15.3. The smallest absolute Gasteiger partial charge is 0.328 e. The lowest BCUT2D eigenvalue weighted by Crippen LogP contribution is -2.50. The molecule has 182 valence electrons. The fourth-order valence-electron chi connectivity index (χ4n) is 2.48. The monoisotopic (exact) mass is 476 g/mol. The number of nitrogens with zero attached hydrogens (tertiary/aromatic N) is 1. The van der Waals surface area contributed by atoms with Gasteiger partial charge in [-0.2, -0.15) is 0 Å². The highest BCUT2D eigenvalue weighted by Gasteiger charge is 2.25. The first kappa shape index (κ1) is 29.3. The maximum Gasteiger partial charge on any atom is 0.328 e. The van der Waals surface area contributed by atoms with Gasteiger partial charge in [0.1, 0.15) is 18.6 Å². The Balaban J connectivity index is 4.88. The van der Waals surface area contributed by atoms with Crippen molar-refractivity contribution in [3.8, 4) is 0 Å². The largest absolute Gasteiger partial charge is 0.468 e. The van der Waals surface area contributed by atoms with Crippen molar-refractivity contribution in [2.45, 2.75) is 64.5 Å². The normalized spacial score (nSPS) is 12.1. The standard InChI is InChI=1S/C19H32N4O8S/c1-4-6-7-8-15(24)21-13(19(28)31-5-2)9-10-16(25)22-14(12-32-23-29)18(27)20-11-17(26)30-3/h13-14H,4-12H2,1-3H3,(H,20,27)(H,21,24)(H,22,25). The van der Waals surface area contributed by atoms with Crippen LogP contribution in [0.5, 0.6) is 0 Å². The number of esters is 2. The van der Waals surface area contributed by atoms with Crippen LogP contribution in [-0.2, 0) is 33.4 Å². The summed E-state index contributed by atoms with van der Waals surface area (Å²) in [4.78, 5) is 70.3. The quantitative estimate of drug-likeness (QED) is 0.118. The molecule has 0 aliphatic carbocycles. The summed E-state index contributed by atoms with van der Waals surface area (Å²) in [6, 6.07) is -2.15. The number of ether oxygens (including phenoxy) is 2. The zero-order valence-electron chi connectivity index (χ0n) is 18.6. The third-order valence-corrected chi connectivity index (χ3v) is 4.74. The zero-order chi connectivity index (χ0) is 24.4. The van der Waals surface area contributed by atoms with Crippen molar-refractivity contribution >= 4 is 41.6 Å². The van der Waals surface area contributed by atoms with E-state index in [2.05, 4.69) is 25.3 Å². The molecule has 0 saturated heterocycles. The van der Waals surface area contributed by atoms with Crippen LogP contribution in [0.2, 0.25) is 0 Å². The van der Waals surface area contributed by atoms with Crippen LogP contribution < -0.4 is 16.0 Å². The Hall–Kier alpha value is -2.70. The molecule has 0 aliphatic rings. The van der Waals surface area contributed by atoms with Gasteiger partial charge in [-0.1, -0.05) is 19.8 Å². The summed E-state index contributed by atoms with van der Waals surface area (Å²) in [6.07, 6.45) is 2.53. The van der Waals surface area contributed by atoms with Gasteiger partial charge in [-0.3, -0.25) is 19.2 Å². The summed E-state index contributed by atoms with van der Waals surface area (Å²) in [7, 11) is 1.16. The van der Waals surface area contributed by atoms with E-state index in [1.807, 2.05) is 6.92 Å². The number of nitrogens with one attached hydrogen (secondary N) is 3. The van der Waals surface area contributed by atoms with Gasteiger partial charge >= 0.3 is 11.9 Å². The maximum atomic E-state index is 12.3. The number of rotatable bonds is 17. The molecular formula is C19H32N4O8S. The van der Waals surface area contributed by atoms with Crippen molar-refractivity contribution in [1.29, 1.82) is 0 Å². The van der Waals surface area contributed by atoms with Gasteiger partial charge in [-0.15, -0.1) is 4.91 Å². The molecule has 0 aromatic carbocycles. The molecule has 0 heterocycles. The first-order valence-corrected chi connectivity index (χ1v) is 11.3. The second kappa shape index (κ2) is 17.9. The number of hydrogen-bond donors (Lipinski definition) is 3. The van der Waals surface area contributed by atoms with Crippen LogP contribution in [0, 0.1) is 4.91 Å². The van der Waals surface area contributed by atoms with E-state index >= 15 is 0 Å². The summed E-state index contributed by atoms with van der Waals surface area (Å²) < 4.78 is 12.0. The van der Waals surface area contributed by atoms with E-state index < -0.39 is 42.4 Å². The van der Waals surface area contributed by atoms with Crippen LogP contribution in [0.4, 0.5) is 0 Å². The lowest BCUT2D eigenvalue weighted by Gasteiger charge is -2.19. The Morgan fingerprint density at radius 1 is 0.969 bits per heavy atom. The van der Waals surface area contributed by atoms with Crippen LogP contribution in [0.25, 0.3) is 0 Å². The molecule has 2 unspecified atom stereocenters. The number of carbonyl (C=O) groups is 5. The van der Waals surface area contributed by atoms with Gasteiger partial charge in [-0.25, -0.2) is 4.79 Å². The summed E-state index contributed by atoms with van der Waals surface area (Å²) in [5, 5.41) is 7.29. The van der Waals surface area contributed by atoms with Crippen molar-refractivity contribution < 1.29 is 33.4 Å². The molecule has 0 rings (SSSR count). The van der Waals surface area contributed by atoms with E-state index in [1.165, 1.54) is 0 Å². The number of unbranched alkanes of at least 4 members (excludes halogenated alkanes) is 2. The van der Waals surface area contributed by atoms with Gasteiger partial charge in [0, 0.05) is 35.1 Å². The molecule has 0 saturated carbocycles. The average molecular weight is 477 g/mol. The van der Waals surface area contributed by atoms with E-state index in [9.17, 15) is 28.9 Å². The van der Waals surface area contributed by atoms with Crippen molar-refractivity contribution in [2.24, 2.45) is 4.58 Å². The SMILES string of the molecule is CCCCCC(=O)NC(CCC(=O)NC(CSN=O)C(=O)NCC(=O)OC)C(=O)OCC. The minimum atomic E-state index is -1.14. The molecule has 3 amide bonds. The number of hydrogen-bond acceptors (Lipinski definition) is 10. The molecule has 0 fully saturated rings. The molecule has 0 spiro atoms. The molecule has 3 N–H and O–H groups in total. The van der Waals surface area contributed by atoms with Gasteiger partial charge in [0.15, 0.2) is 0 Å². The molecule has 0 bridgehead atoms. The highest BCUT2D eigenvalue weighted by atomic mass is 32.2. The third-order valence-electron chi connectivity index (χ3n) is 4.15. The summed E-state index contributed by atoms with van der Waals surface area (Å²) in [6.45, 7) is 3.34. The lowest BCUT2D eigenvalue weighted by molar-refractivity contribution is -0.147. The molecule has 0 aliphatic heterocycles. The molecule has 32 heavy (non-hydrogen) atoms. The fraction of sp³-hybridized carbons (Fsp3) is 0.737. The van der Waals surface area contributed by atoms with Gasteiger partial charge in [0.25, 0.3) is 0 Å². The zero-order valence-corrected chi connectivity index (χ0v) is 19.5. The van der Waals surface area contributed by atoms with Crippen molar-refractivity contribution in [2.75, 3.05) is 26.0 Å². The highest BCUT2D eigenvalue weighted by Crippen LogP contribution is 2.07. The molecule has 13 heteroatoms. The molecule has 0 aromatic rings. The minimum absolute atomic E-state index is 0.0419. The van der Waals surface area contributed by atoms with E-state index in [0.717, 1.165) is 20.0 Å². The predicted octanol–water partition coefficient (Wildman–Crippen LogP) is 0.583. The van der Waals surface area contributed by atoms with Crippen molar-refractivity contribution in [3.63, 3.8) is 0 Å². The van der Waals surface area contributed by atoms with Gasteiger partial charge < -0.3 is 25.4 Å². The fourth-order valence-corrected chi connectivity index (χ4v) is 2.92. The average Bonchev–Trinajstić information content (AvgIpc) is 2.77. The van der Waals surface area contributed by atoms with Crippen molar-refractivity contribution in [3.05, 3.63) is 4.91 Å². The van der Waals surface area contributed by atoms with E-state index in [-0.39, 0.29) is 37.5 Å². The second-order valence-electron chi connectivity index (χ2n) is 6.65. The Morgan fingerprint density at radius 3 is 2.22 bits per heavy atom. The predicted molar refractivity (Wildman–Crippen MR) is 117 cm³/mol. The van der Waals surface area contributed by atoms with Gasteiger partial charge in [0.2, 0.25) is 17.7 Å². The Kier molecular flexibility index (Phi) is 16.4. The molecule has 0 aromatic heterocycles. The van der Waals surface area contributed by atoms with Crippen LogP contribution in [-0.4, -0.2) is 67.8 Å². The van der Waals surface area contributed by atoms with Crippen LogP contribution >= 0.6 is 11.9 Å². The Labute approximate surface area is 191 Å². The van der Waals surface area contributed by atoms with Gasteiger partial charge in [-0.05, 0) is 19.8 Å². The Bertz CT molecular complexity index is 647. The Morgan fingerprint density at radius 2 is 1.62 bits per heavy atom. The third kappa shape index (κ3) is 13.6.